The Morgan fingerprint density at radius 3 is 2.13 bits per heavy atom. The summed E-state index contributed by atoms with van der Waals surface area (Å²) in [4.78, 5) is 0. The lowest BCUT2D eigenvalue weighted by Crippen LogP contribution is -2.64. The average Bonchev–Trinajstić information content (AvgIpc) is 3.03. The van der Waals surface area contributed by atoms with Crippen LogP contribution >= 0.6 is 0 Å². The lowest BCUT2D eigenvalue weighted by atomic mass is 9.48. The van der Waals surface area contributed by atoms with Crippen LogP contribution in [0.1, 0.15) is 36.5 Å². The largest absolute Gasteiger partial charge is 0.493 e. The van der Waals surface area contributed by atoms with E-state index in [1.807, 2.05) is 6.92 Å². The Balaban J connectivity index is 1.84. The number of ether oxygens (including phenoxy) is 1. The van der Waals surface area contributed by atoms with Crippen molar-refractivity contribution in [3.63, 3.8) is 0 Å². The van der Waals surface area contributed by atoms with Gasteiger partial charge in [0.1, 0.15) is 17.5 Å². The Kier molecular flexibility index (Phi) is 8.99. The fourth-order valence-electron chi connectivity index (χ4n) is 4.71. The van der Waals surface area contributed by atoms with Crippen LogP contribution in [0.2, 0.25) is 0 Å². The fraction of sp³-hybridized carbons (Fsp3) is 0.280. The zero-order valence-electron chi connectivity index (χ0n) is 20.6. The zero-order valence-corrected chi connectivity index (χ0v) is 20.6. The first kappa shape index (κ1) is 28.4. The maximum absolute atomic E-state index is 14.1. The normalized spacial score (nSPS) is 17.2. The molecule has 0 saturated carbocycles. The summed E-state index contributed by atoms with van der Waals surface area (Å²) < 4.78 is 60.1. The van der Waals surface area contributed by atoms with E-state index in [0.717, 1.165) is 24.3 Å². The first-order valence-corrected chi connectivity index (χ1v) is 12.1. The van der Waals surface area contributed by atoms with Gasteiger partial charge in [0.25, 0.3) is 0 Å². The van der Waals surface area contributed by atoms with E-state index in [1.54, 1.807) is 0 Å². The summed E-state index contributed by atoms with van der Waals surface area (Å²) in [6.07, 6.45) is 0.526. The molecule has 1 aliphatic heterocycles. The number of rotatable bonds is 9. The van der Waals surface area contributed by atoms with Crippen molar-refractivity contribution in [1.29, 1.82) is 0 Å². The summed E-state index contributed by atoms with van der Waals surface area (Å²) in [5, 5.41) is 41.8. The van der Waals surface area contributed by atoms with Gasteiger partial charge in [-0.1, -0.05) is 31.5 Å². The van der Waals surface area contributed by atoms with Crippen LogP contribution in [0.5, 0.6) is 0 Å². The summed E-state index contributed by atoms with van der Waals surface area (Å²) >= 11 is 0. The molecule has 0 amide bonds. The number of aliphatic hydroxyl groups excluding tert-OH is 2. The van der Waals surface area contributed by atoms with Gasteiger partial charge >= 0.3 is 21.2 Å². The van der Waals surface area contributed by atoms with Crippen LogP contribution in [0, 0.1) is 17.5 Å². The van der Waals surface area contributed by atoms with Gasteiger partial charge in [0, 0.05) is 0 Å². The number of halogens is 3. The van der Waals surface area contributed by atoms with E-state index >= 15 is 0 Å². The van der Waals surface area contributed by atoms with Gasteiger partial charge in [-0.25, -0.2) is 13.2 Å². The number of benzene rings is 3. The van der Waals surface area contributed by atoms with Gasteiger partial charge in [-0.15, -0.1) is 0 Å². The maximum Gasteiger partial charge on any atom is 0.493 e. The first-order valence-electron chi connectivity index (χ1n) is 12.1. The number of hydrogen-bond acceptors (Lipinski definition) is 7. The average molecular weight is 528 g/mol. The van der Waals surface area contributed by atoms with Gasteiger partial charge in [0.05, 0.1) is 19.8 Å². The summed E-state index contributed by atoms with van der Waals surface area (Å²) in [6, 6.07) is 10.7. The Bertz CT molecular complexity index is 1280. The van der Waals surface area contributed by atoms with Crippen molar-refractivity contribution in [2.24, 2.45) is 0 Å². The molecule has 0 fully saturated rings. The topological polar surface area (TPSA) is 109 Å². The van der Waals surface area contributed by atoms with Gasteiger partial charge in [0.15, 0.2) is 5.69 Å². The first-order chi connectivity index (χ1) is 18.2. The molecule has 0 spiro atoms. The van der Waals surface area contributed by atoms with Gasteiger partial charge < -0.3 is 34.2 Å². The summed E-state index contributed by atoms with van der Waals surface area (Å²) in [7, 11) is -3.35. The van der Waals surface area contributed by atoms with Crippen molar-refractivity contribution in [3.05, 3.63) is 88.7 Å². The molecule has 1 heterocycles. The molecule has 4 N–H and O–H groups in total. The highest BCUT2D eigenvalue weighted by Gasteiger charge is 2.53. The molecule has 3 aromatic rings. The highest BCUT2D eigenvalue weighted by Crippen LogP contribution is 2.30. The molecule has 7 nitrogen and oxygen atoms in total. The van der Waals surface area contributed by atoms with E-state index in [4.69, 9.17) is 14.0 Å². The molecule has 3 aromatic carbocycles. The van der Waals surface area contributed by atoms with Crippen LogP contribution in [0.15, 0.2) is 54.6 Å². The van der Waals surface area contributed by atoms with Crippen LogP contribution in [0.4, 0.5) is 13.2 Å². The van der Waals surface area contributed by atoms with Crippen molar-refractivity contribution in [2.75, 3.05) is 0 Å². The SMILES string of the molecule is CCCC1(B(OB(O)c2ccc(F)cc2CO)c2ccc(F)cc2CO)OCc2cc(F)ccc2B(O)O1. The van der Waals surface area contributed by atoms with Gasteiger partial charge in [-0.2, -0.15) is 0 Å². The molecule has 1 atom stereocenters. The lowest BCUT2D eigenvalue weighted by Gasteiger charge is -2.39. The van der Waals surface area contributed by atoms with Crippen molar-refractivity contribution >= 4 is 37.5 Å². The third kappa shape index (κ3) is 5.84. The second kappa shape index (κ2) is 12.0. The van der Waals surface area contributed by atoms with E-state index in [1.165, 1.54) is 30.3 Å². The van der Waals surface area contributed by atoms with Crippen LogP contribution in [0.3, 0.4) is 0 Å². The highest BCUT2D eigenvalue weighted by atomic mass is 19.1. The van der Waals surface area contributed by atoms with Crippen LogP contribution in [-0.4, -0.2) is 47.1 Å². The monoisotopic (exact) mass is 528 g/mol. The molecule has 1 aliphatic rings. The van der Waals surface area contributed by atoms with Crippen LogP contribution < -0.4 is 16.4 Å². The van der Waals surface area contributed by atoms with E-state index < -0.39 is 57.5 Å². The fourth-order valence-corrected chi connectivity index (χ4v) is 4.71. The van der Waals surface area contributed by atoms with Crippen molar-refractivity contribution < 1.29 is 47.4 Å². The molecule has 38 heavy (non-hydrogen) atoms. The standard InChI is InChI=1S/C25H26B3F3O7/c1-2-9-25(36-15-18-12-21(31)5-8-24(18)27(34)37-25)26(22-6-3-19(29)10-16(22)13-32)38-28(35)23-7-4-20(30)11-17(23)14-33/h3-8,10-12,32-35H,2,9,13-15H2,1H3. The van der Waals surface area contributed by atoms with E-state index in [0.29, 0.717) is 12.0 Å². The minimum atomic E-state index is -1.81. The Labute approximate surface area is 219 Å². The summed E-state index contributed by atoms with van der Waals surface area (Å²) in [5.41, 5.74) is -0.799. The van der Waals surface area contributed by atoms with E-state index in [9.17, 15) is 33.4 Å². The second-order valence-electron chi connectivity index (χ2n) is 9.03. The molecule has 4 rings (SSSR count). The molecule has 1 unspecified atom stereocenters. The van der Waals surface area contributed by atoms with Gasteiger partial charge in [-0.3, -0.25) is 0 Å². The number of hydrogen-bond donors (Lipinski definition) is 4. The summed E-state index contributed by atoms with van der Waals surface area (Å²) in [6.45, 7) is -0.964. The predicted molar refractivity (Wildman–Crippen MR) is 136 cm³/mol. The van der Waals surface area contributed by atoms with Crippen molar-refractivity contribution in [1.82, 2.24) is 0 Å². The van der Waals surface area contributed by atoms with Gasteiger partial charge in [-0.05, 0) is 75.9 Å². The zero-order chi connectivity index (χ0) is 27.4. The molecule has 0 saturated heterocycles. The molecular weight excluding hydrogens is 502 g/mol. The number of aliphatic hydroxyl groups is 2. The lowest BCUT2D eigenvalue weighted by molar-refractivity contribution is -0.147. The Morgan fingerprint density at radius 1 is 0.921 bits per heavy atom. The molecule has 0 aromatic heterocycles. The Morgan fingerprint density at radius 2 is 1.50 bits per heavy atom. The Hall–Kier alpha value is -2.64. The highest BCUT2D eigenvalue weighted by molar-refractivity contribution is 6.79. The summed E-state index contributed by atoms with van der Waals surface area (Å²) in [5.74, 6) is -1.80. The maximum atomic E-state index is 14.1. The van der Waals surface area contributed by atoms with Gasteiger partial charge in [0.2, 0.25) is 0 Å². The predicted octanol–water partition coefficient (Wildman–Crippen LogP) is 0.661. The third-order valence-electron chi connectivity index (χ3n) is 6.52. The van der Waals surface area contributed by atoms with Crippen LogP contribution in [0.25, 0.3) is 0 Å². The molecule has 0 aliphatic carbocycles. The third-order valence-corrected chi connectivity index (χ3v) is 6.52. The van der Waals surface area contributed by atoms with Crippen molar-refractivity contribution in [2.45, 2.75) is 45.3 Å². The van der Waals surface area contributed by atoms with Crippen LogP contribution in [-0.2, 0) is 33.8 Å². The second-order valence-corrected chi connectivity index (χ2v) is 9.03. The van der Waals surface area contributed by atoms with Crippen molar-refractivity contribution in [3.8, 4) is 0 Å². The quantitative estimate of drug-likeness (QED) is 0.303. The molecule has 0 radical (unpaired) electrons. The molecule has 198 valence electrons. The minimum Gasteiger partial charge on any atom is -0.463 e. The van der Waals surface area contributed by atoms with E-state index in [2.05, 4.69) is 0 Å². The number of fused-ring (bicyclic) bond motifs is 1. The molecular formula is C25H26B3F3O7. The smallest absolute Gasteiger partial charge is 0.463 e. The minimum absolute atomic E-state index is 0.0535. The molecule has 0 bridgehead atoms. The van der Waals surface area contributed by atoms with E-state index in [-0.39, 0.29) is 40.5 Å². The molecule has 13 heteroatoms.